The van der Waals surface area contributed by atoms with Gasteiger partial charge in [0.25, 0.3) is 0 Å². The van der Waals surface area contributed by atoms with Gasteiger partial charge in [-0.1, -0.05) is 30.3 Å². The second-order valence-corrected chi connectivity index (χ2v) is 11.0. The first-order valence-electron chi connectivity index (χ1n) is 8.87. The Bertz CT molecular complexity index is 1010. The lowest BCUT2D eigenvalue weighted by Crippen LogP contribution is -2.01. The Hall–Kier alpha value is -0.350. The van der Waals surface area contributed by atoms with E-state index in [1.54, 1.807) is 0 Å². The summed E-state index contributed by atoms with van der Waals surface area (Å²) in [6.07, 6.45) is 0.623. The number of hydrogen-bond donors (Lipinski definition) is 1. The summed E-state index contributed by atoms with van der Waals surface area (Å²) in [5, 5.41) is 8.90. The number of carbonyl (C=O) groups is 1. The van der Waals surface area contributed by atoms with Crippen molar-refractivity contribution in [3.63, 3.8) is 0 Å². The Morgan fingerprint density at radius 2 is 1.37 bits per heavy atom. The highest BCUT2D eigenvalue weighted by molar-refractivity contribution is 14.1. The lowest BCUT2D eigenvalue weighted by Gasteiger charge is -2.15. The number of aliphatic carboxylic acids is 1. The summed E-state index contributed by atoms with van der Waals surface area (Å²) in [7, 11) is 0. The van der Waals surface area contributed by atoms with Crippen LogP contribution in [0.5, 0.6) is 17.2 Å². The largest absolute Gasteiger partial charge is 0.487 e. The summed E-state index contributed by atoms with van der Waals surface area (Å²) in [4.78, 5) is 10.8. The molecule has 3 aromatic carbocycles. The van der Waals surface area contributed by atoms with Crippen molar-refractivity contribution >= 4 is 96.3 Å². The predicted octanol–water partition coefficient (Wildman–Crippen LogP) is 7.49. The predicted molar refractivity (Wildman–Crippen MR) is 151 cm³/mol. The van der Waals surface area contributed by atoms with E-state index in [-0.39, 0.29) is 6.42 Å². The minimum absolute atomic E-state index is 0.118. The molecule has 0 radical (unpaired) electrons. The fourth-order valence-electron chi connectivity index (χ4n) is 2.69. The van der Waals surface area contributed by atoms with Gasteiger partial charge in [0.15, 0.2) is 5.75 Å². The maximum Gasteiger partial charge on any atom is 0.303 e. The van der Waals surface area contributed by atoms with Gasteiger partial charge in [0.2, 0.25) is 0 Å². The summed E-state index contributed by atoms with van der Waals surface area (Å²) in [6.45, 7) is 0.515. The molecule has 8 heteroatoms. The summed E-state index contributed by atoms with van der Waals surface area (Å²) in [5.41, 5.74) is 2.11. The maximum atomic E-state index is 10.8. The molecule has 0 saturated heterocycles. The van der Waals surface area contributed by atoms with Gasteiger partial charge >= 0.3 is 5.97 Å². The highest BCUT2D eigenvalue weighted by Crippen LogP contribution is 2.37. The molecular formula is C22H16I4O4. The van der Waals surface area contributed by atoms with Gasteiger partial charge in [0.1, 0.15) is 18.1 Å². The molecule has 0 amide bonds. The van der Waals surface area contributed by atoms with E-state index in [1.807, 2.05) is 54.6 Å². The second kappa shape index (κ2) is 11.5. The van der Waals surface area contributed by atoms with Crippen LogP contribution >= 0.6 is 90.4 Å². The van der Waals surface area contributed by atoms with Crippen molar-refractivity contribution in [3.05, 3.63) is 80.0 Å². The number of ether oxygens (including phenoxy) is 2. The molecule has 0 spiro atoms. The highest BCUT2D eigenvalue weighted by atomic mass is 127. The van der Waals surface area contributed by atoms with Crippen molar-refractivity contribution in [2.75, 3.05) is 0 Å². The van der Waals surface area contributed by atoms with Gasteiger partial charge in [-0.25, -0.2) is 0 Å². The third-order valence-electron chi connectivity index (χ3n) is 4.10. The summed E-state index contributed by atoms with van der Waals surface area (Å²) < 4.78 is 16.1. The zero-order valence-corrected chi connectivity index (χ0v) is 24.1. The quantitative estimate of drug-likeness (QED) is 0.239. The molecule has 0 atom stereocenters. The molecule has 0 saturated carbocycles. The number of halogens is 4. The maximum absolute atomic E-state index is 10.8. The molecule has 4 nitrogen and oxygen atoms in total. The van der Waals surface area contributed by atoms with Gasteiger partial charge in [-0.05, 0) is 132 Å². The van der Waals surface area contributed by atoms with Crippen LogP contribution in [-0.2, 0) is 17.8 Å². The lowest BCUT2D eigenvalue weighted by molar-refractivity contribution is -0.136. The van der Waals surface area contributed by atoms with Crippen LogP contribution in [0.1, 0.15) is 17.5 Å². The molecule has 30 heavy (non-hydrogen) atoms. The molecule has 1 N–H and O–H groups in total. The van der Waals surface area contributed by atoms with Crippen molar-refractivity contribution < 1.29 is 19.4 Å². The third kappa shape index (κ3) is 6.82. The SMILES string of the molecule is O=C(O)CCc1cc(I)c(Oc2cc(I)c(OCc3ccccc3)c(I)c2)c(I)c1. The van der Waals surface area contributed by atoms with E-state index in [0.29, 0.717) is 13.0 Å². The Morgan fingerprint density at radius 3 is 1.93 bits per heavy atom. The van der Waals surface area contributed by atoms with Crippen molar-refractivity contribution in [3.8, 4) is 17.2 Å². The molecule has 3 rings (SSSR count). The van der Waals surface area contributed by atoms with E-state index >= 15 is 0 Å². The van der Waals surface area contributed by atoms with E-state index < -0.39 is 5.97 Å². The minimum Gasteiger partial charge on any atom is -0.487 e. The first-order chi connectivity index (χ1) is 14.3. The fourth-order valence-corrected chi connectivity index (χ4v) is 6.83. The van der Waals surface area contributed by atoms with E-state index in [9.17, 15) is 4.79 Å². The van der Waals surface area contributed by atoms with E-state index in [1.165, 1.54) is 0 Å². The zero-order valence-electron chi connectivity index (χ0n) is 15.5. The monoisotopic (exact) mass is 852 g/mol. The van der Waals surface area contributed by atoms with Crippen LogP contribution in [0.2, 0.25) is 0 Å². The van der Waals surface area contributed by atoms with E-state index in [4.69, 9.17) is 14.6 Å². The third-order valence-corrected chi connectivity index (χ3v) is 7.31. The molecule has 0 aromatic heterocycles. The van der Waals surface area contributed by atoms with Crippen LogP contribution in [0.4, 0.5) is 0 Å². The normalized spacial score (nSPS) is 10.7. The second-order valence-electron chi connectivity index (χ2n) is 6.37. The zero-order chi connectivity index (χ0) is 21.7. The molecule has 0 aliphatic rings. The average molecular weight is 852 g/mol. The molecular weight excluding hydrogens is 836 g/mol. The number of carboxylic acid groups (broad SMARTS) is 1. The van der Waals surface area contributed by atoms with Gasteiger partial charge in [0, 0.05) is 6.42 Å². The summed E-state index contributed by atoms with van der Waals surface area (Å²) in [5.74, 6) is 1.57. The number of hydrogen-bond acceptors (Lipinski definition) is 3. The van der Waals surface area contributed by atoms with Gasteiger partial charge in [0.05, 0.1) is 14.3 Å². The summed E-state index contributed by atoms with van der Waals surface area (Å²) >= 11 is 9.00. The Labute approximate surface area is 229 Å². The molecule has 3 aromatic rings. The molecule has 0 unspecified atom stereocenters. The van der Waals surface area contributed by atoms with Crippen LogP contribution in [-0.4, -0.2) is 11.1 Å². The van der Waals surface area contributed by atoms with Crippen molar-refractivity contribution in [2.45, 2.75) is 19.4 Å². The number of carboxylic acids is 1. The minimum atomic E-state index is -0.793. The van der Waals surface area contributed by atoms with Crippen LogP contribution in [0.25, 0.3) is 0 Å². The van der Waals surface area contributed by atoms with Crippen molar-refractivity contribution in [1.29, 1.82) is 0 Å². The first-order valence-corrected chi connectivity index (χ1v) is 13.2. The van der Waals surface area contributed by atoms with Gasteiger partial charge in [-0.2, -0.15) is 0 Å². The molecule has 0 aliphatic heterocycles. The smallest absolute Gasteiger partial charge is 0.303 e. The highest BCUT2D eigenvalue weighted by Gasteiger charge is 2.15. The van der Waals surface area contributed by atoms with Gasteiger partial charge in [-0.15, -0.1) is 0 Å². The molecule has 0 aliphatic carbocycles. The van der Waals surface area contributed by atoms with Crippen LogP contribution < -0.4 is 9.47 Å². The molecule has 0 heterocycles. The van der Waals surface area contributed by atoms with Crippen LogP contribution in [0.15, 0.2) is 54.6 Å². The van der Waals surface area contributed by atoms with E-state index in [2.05, 4.69) is 90.4 Å². The number of benzene rings is 3. The standard InChI is InChI=1S/C22H16I4O4/c23-16-8-14(6-7-20(27)28)9-17(24)22(16)30-15-10-18(25)21(19(26)11-15)29-12-13-4-2-1-3-5-13/h1-5,8-11H,6-7,12H2,(H,27,28). The topological polar surface area (TPSA) is 55.8 Å². The Kier molecular flexibility index (Phi) is 9.31. The Morgan fingerprint density at radius 1 is 0.800 bits per heavy atom. The molecule has 0 fully saturated rings. The summed E-state index contributed by atoms with van der Waals surface area (Å²) in [6, 6.07) is 18.0. The lowest BCUT2D eigenvalue weighted by atomic mass is 10.1. The number of rotatable bonds is 8. The van der Waals surface area contributed by atoms with Crippen LogP contribution in [0.3, 0.4) is 0 Å². The van der Waals surface area contributed by atoms with Crippen molar-refractivity contribution in [2.24, 2.45) is 0 Å². The molecule has 0 bridgehead atoms. The average Bonchev–Trinajstić information content (AvgIpc) is 2.69. The van der Waals surface area contributed by atoms with Gasteiger partial charge in [-0.3, -0.25) is 4.79 Å². The fraction of sp³-hybridized carbons (Fsp3) is 0.136. The molecule has 156 valence electrons. The van der Waals surface area contributed by atoms with Crippen molar-refractivity contribution in [1.82, 2.24) is 0 Å². The Balaban J connectivity index is 1.76. The van der Waals surface area contributed by atoms with Crippen LogP contribution in [0, 0.1) is 14.3 Å². The number of aryl methyl sites for hydroxylation is 1. The first kappa shape index (κ1) is 24.3. The van der Waals surface area contributed by atoms with E-state index in [0.717, 1.165) is 42.7 Å². The van der Waals surface area contributed by atoms with Gasteiger partial charge < -0.3 is 14.6 Å².